The summed E-state index contributed by atoms with van der Waals surface area (Å²) in [6, 6.07) is 8.21. The van der Waals surface area contributed by atoms with Crippen LogP contribution < -0.4 is 10.6 Å². The van der Waals surface area contributed by atoms with E-state index in [-0.39, 0.29) is 11.9 Å². The smallest absolute Gasteiger partial charge is 0.237 e. The van der Waals surface area contributed by atoms with Gasteiger partial charge in [0.2, 0.25) is 5.91 Å². The van der Waals surface area contributed by atoms with Crippen LogP contribution in [0.15, 0.2) is 24.3 Å². The van der Waals surface area contributed by atoms with Crippen molar-refractivity contribution in [1.82, 2.24) is 15.5 Å². The summed E-state index contributed by atoms with van der Waals surface area (Å²) in [5, 5.41) is 6.31. The van der Waals surface area contributed by atoms with Gasteiger partial charge in [0.1, 0.15) is 0 Å². The van der Waals surface area contributed by atoms with Crippen molar-refractivity contribution in [1.29, 1.82) is 0 Å². The fourth-order valence-electron chi connectivity index (χ4n) is 2.28. The number of carbonyl (C=O) groups is 1. The lowest BCUT2D eigenvalue weighted by Crippen LogP contribution is -2.52. The summed E-state index contributed by atoms with van der Waals surface area (Å²) >= 11 is 0. The van der Waals surface area contributed by atoms with Gasteiger partial charge >= 0.3 is 0 Å². The molecule has 0 spiro atoms. The van der Waals surface area contributed by atoms with Crippen molar-refractivity contribution in [3.63, 3.8) is 0 Å². The van der Waals surface area contributed by atoms with Crippen LogP contribution in [0.4, 0.5) is 0 Å². The standard InChI is InChI=1S/C15H23N3O/c1-12-3-5-14(6-4-12)11-17-15(19)13(2)18-9-7-16-8-10-18/h3-6,13,16H,7-11H2,1-2H3,(H,17,19). The van der Waals surface area contributed by atoms with Gasteiger partial charge in [-0.3, -0.25) is 9.69 Å². The van der Waals surface area contributed by atoms with Crippen molar-refractivity contribution < 1.29 is 4.79 Å². The lowest BCUT2D eigenvalue weighted by atomic mass is 10.1. The average molecular weight is 261 g/mol. The van der Waals surface area contributed by atoms with E-state index in [1.807, 2.05) is 6.92 Å². The minimum Gasteiger partial charge on any atom is -0.351 e. The molecule has 0 aromatic heterocycles. The van der Waals surface area contributed by atoms with Crippen LogP contribution in [0.1, 0.15) is 18.1 Å². The van der Waals surface area contributed by atoms with Crippen molar-refractivity contribution in [2.24, 2.45) is 0 Å². The molecule has 19 heavy (non-hydrogen) atoms. The van der Waals surface area contributed by atoms with E-state index in [0.29, 0.717) is 6.54 Å². The van der Waals surface area contributed by atoms with Gasteiger partial charge in [-0.1, -0.05) is 29.8 Å². The van der Waals surface area contributed by atoms with Crippen LogP contribution in [0.25, 0.3) is 0 Å². The van der Waals surface area contributed by atoms with Gasteiger partial charge in [-0.05, 0) is 19.4 Å². The molecule has 0 aliphatic carbocycles. The first kappa shape index (κ1) is 14.0. The van der Waals surface area contributed by atoms with Crippen molar-refractivity contribution in [2.75, 3.05) is 26.2 Å². The largest absolute Gasteiger partial charge is 0.351 e. The van der Waals surface area contributed by atoms with E-state index in [1.54, 1.807) is 0 Å². The summed E-state index contributed by atoms with van der Waals surface area (Å²) < 4.78 is 0. The minimum absolute atomic E-state index is 0.0486. The lowest BCUT2D eigenvalue weighted by molar-refractivity contribution is -0.126. The fourth-order valence-corrected chi connectivity index (χ4v) is 2.28. The summed E-state index contributed by atoms with van der Waals surface area (Å²) in [5.41, 5.74) is 2.38. The molecule has 104 valence electrons. The quantitative estimate of drug-likeness (QED) is 0.846. The normalized spacial score (nSPS) is 18.0. The van der Waals surface area contributed by atoms with Crippen LogP contribution in [-0.4, -0.2) is 43.0 Å². The third-order valence-corrected chi connectivity index (χ3v) is 3.67. The third-order valence-electron chi connectivity index (χ3n) is 3.67. The Hall–Kier alpha value is -1.39. The molecule has 1 amide bonds. The highest BCUT2D eigenvalue weighted by Gasteiger charge is 2.22. The van der Waals surface area contributed by atoms with E-state index in [9.17, 15) is 4.79 Å². The lowest BCUT2D eigenvalue weighted by Gasteiger charge is -2.31. The topological polar surface area (TPSA) is 44.4 Å². The number of carbonyl (C=O) groups excluding carboxylic acids is 1. The number of nitrogens with one attached hydrogen (secondary N) is 2. The van der Waals surface area contributed by atoms with Crippen molar-refractivity contribution in [2.45, 2.75) is 26.4 Å². The van der Waals surface area contributed by atoms with E-state index >= 15 is 0 Å². The molecule has 4 nitrogen and oxygen atoms in total. The van der Waals surface area contributed by atoms with E-state index in [0.717, 1.165) is 31.7 Å². The summed E-state index contributed by atoms with van der Waals surface area (Å²) in [6.45, 7) is 8.48. The Morgan fingerprint density at radius 1 is 1.32 bits per heavy atom. The van der Waals surface area contributed by atoms with Crippen LogP contribution in [0, 0.1) is 6.92 Å². The molecule has 1 heterocycles. The number of amides is 1. The van der Waals surface area contributed by atoms with Crippen molar-refractivity contribution >= 4 is 5.91 Å². The zero-order chi connectivity index (χ0) is 13.7. The minimum atomic E-state index is -0.0486. The molecule has 2 N–H and O–H groups in total. The van der Waals surface area contributed by atoms with E-state index in [4.69, 9.17) is 0 Å². The number of aryl methyl sites for hydroxylation is 1. The molecule has 1 aliphatic rings. The molecule has 1 aromatic rings. The fraction of sp³-hybridized carbons (Fsp3) is 0.533. The molecular formula is C15H23N3O. The molecule has 1 saturated heterocycles. The summed E-state index contributed by atoms with van der Waals surface area (Å²) in [4.78, 5) is 14.3. The molecule has 1 unspecified atom stereocenters. The van der Waals surface area contributed by atoms with Crippen LogP contribution in [-0.2, 0) is 11.3 Å². The van der Waals surface area contributed by atoms with Gasteiger partial charge in [-0.15, -0.1) is 0 Å². The Bertz CT molecular complexity index is 410. The predicted octanol–water partition coefficient (Wildman–Crippen LogP) is 0.905. The zero-order valence-electron chi connectivity index (χ0n) is 11.8. The highest BCUT2D eigenvalue weighted by Crippen LogP contribution is 2.04. The maximum Gasteiger partial charge on any atom is 0.237 e. The van der Waals surface area contributed by atoms with E-state index in [2.05, 4.69) is 46.7 Å². The zero-order valence-corrected chi connectivity index (χ0v) is 11.8. The maximum absolute atomic E-state index is 12.1. The Kier molecular flexibility index (Phi) is 4.93. The highest BCUT2D eigenvalue weighted by atomic mass is 16.2. The average Bonchev–Trinajstić information content (AvgIpc) is 2.46. The Balaban J connectivity index is 1.81. The first-order valence-corrected chi connectivity index (χ1v) is 6.95. The Morgan fingerprint density at radius 3 is 2.58 bits per heavy atom. The second-order valence-electron chi connectivity index (χ2n) is 5.17. The second kappa shape index (κ2) is 6.68. The van der Waals surface area contributed by atoms with Gasteiger partial charge in [-0.2, -0.15) is 0 Å². The van der Waals surface area contributed by atoms with Gasteiger partial charge in [-0.25, -0.2) is 0 Å². The number of rotatable bonds is 4. The summed E-state index contributed by atoms with van der Waals surface area (Å²) in [6.07, 6.45) is 0. The molecule has 0 saturated carbocycles. The van der Waals surface area contributed by atoms with Crippen LogP contribution >= 0.6 is 0 Å². The number of hydrogen-bond donors (Lipinski definition) is 2. The van der Waals surface area contributed by atoms with Crippen LogP contribution in [0.2, 0.25) is 0 Å². The molecular weight excluding hydrogens is 238 g/mol. The third kappa shape index (κ3) is 4.04. The molecule has 0 radical (unpaired) electrons. The van der Waals surface area contributed by atoms with Crippen molar-refractivity contribution in [3.05, 3.63) is 35.4 Å². The molecule has 1 fully saturated rings. The molecule has 1 aliphatic heterocycles. The van der Waals surface area contributed by atoms with Gasteiger partial charge < -0.3 is 10.6 Å². The first-order chi connectivity index (χ1) is 9.16. The summed E-state index contributed by atoms with van der Waals surface area (Å²) in [5.74, 6) is 0.113. The number of piperazine rings is 1. The summed E-state index contributed by atoms with van der Waals surface area (Å²) in [7, 11) is 0. The van der Waals surface area contributed by atoms with Gasteiger partial charge in [0.15, 0.2) is 0 Å². The molecule has 1 aromatic carbocycles. The predicted molar refractivity (Wildman–Crippen MR) is 76.9 cm³/mol. The number of nitrogens with zero attached hydrogens (tertiary/aromatic N) is 1. The molecule has 0 bridgehead atoms. The van der Waals surface area contributed by atoms with Gasteiger partial charge in [0, 0.05) is 32.7 Å². The van der Waals surface area contributed by atoms with E-state index < -0.39 is 0 Å². The van der Waals surface area contributed by atoms with Gasteiger partial charge in [0.05, 0.1) is 6.04 Å². The van der Waals surface area contributed by atoms with Crippen molar-refractivity contribution in [3.8, 4) is 0 Å². The van der Waals surface area contributed by atoms with E-state index in [1.165, 1.54) is 5.56 Å². The van der Waals surface area contributed by atoms with Crippen LogP contribution in [0.5, 0.6) is 0 Å². The second-order valence-corrected chi connectivity index (χ2v) is 5.17. The SMILES string of the molecule is Cc1ccc(CNC(=O)C(C)N2CCNCC2)cc1. The monoisotopic (exact) mass is 261 g/mol. The Morgan fingerprint density at radius 2 is 1.95 bits per heavy atom. The first-order valence-electron chi connectivity index (χ1n) is 6.95. The Labute approximate surface area is 115 Å². The maximum atomic E-state index is 12.1. The molecule has 2 rings (SSSR count). The highest BCUT2D eigenvalue weighted by molar-refractivity contribution is 5.81. The number of benzene rings is 1. The van der Waals surface area contributed by atoms with Gasteiger partial charge in [0.25, 0.3) is 0 Å². The molecule has 1 atom stereocenters. The number of hydrogen-bond acceptors (Lipinski definition) is 3. The molecule has 4 heteroatoms. The van der Waals surface area contributed by atoms with Crippen LogP contribution in [0.3, 0.4) is 0 Å².